The van der Waals surface area contributed by atoms with Crippen molar-refractivity contribution in [1.82, 2.24) is 5.27 Å². The fourth-order valence-corrected chi connectivity index (χ4v) is 3.66. The van der Waals surface area contributed by atoms with Gasteiger partial charge in [-0.25, -0.2) is 0 Å². The number of amides is 1. The molecule has 0 aliphatic rings. The van der Waals surface area contributed by atoms with E-state index in [9.17, 15) is 9.90 Å². The van der Waals surface area contributed by atoms with Crippen molar-refractivity contribution in [2.75, 3.05) is 18.2 Å². The summed E-state index contributed by atoms with van der Waals surface area (Å²) >= 11 is 1.07. The highest BCUT2D eigenvalue weighted by molar-refractivity contribution is 7.99. The summed E-state index contributed by atoms with van der Waals surface area (Å²) < 4.78 is 11.3. The molecule has 3 aromatic carbocycles. The van der Waals surface area contributed by atoms with Gasteiger partial charge in [-0.05, 0) is 40.0 Å². The summed E-state index contributed by atoms with van der Waals surface area (Å²) in [6, 6.07) is 20.5. The average Bonchev–Trinajstić information content (AvgIpc) is 3.13. The summed E-state index contributed by atoms with van der Waals surface area (Å²) in [7, 11) is 1.57. The van der Waals surface area contributed by atoms with Gasteiger partial charge in [0.2, 0.25) is 11.6 Å². The van der Waals surface area contributed by atoms with Crippen LogP contribution in [0.3, 0.4) is 0 Å². The van der Waals surface area contributed by atoms with E-state index >= 15 is 0 Å². The number of anilines is 1. The maximum atomic E-state index is 12.5. The Labute approximate surface area is 170 Å². The molecule has 4 aromatic rings. The Morgan fingerprint density at radius 3 is 2.69 bits per heavy atom. The molecule has 0 saturated carbocycles. The molecule has 0 aliphatic carbocycles. The van der Waals surface area contributed by atoms with Gasteiger partial charge in [-0.1, -0.05) is 36.4 Å². The number of fused-ring (bicyclic) bond motifs is 1. The third-order valence-corrected chi connectivity index (χ3v) is 5.31. The zero-order chi connectivity index (χ0) is 20.2. The van der Waals surface area contributed by atoms with Gasteiger partial charge >= 0.3 is 0 Å². The highest BCUT2D eigenvalue weighted by atomic mass is 32.2. The molecule has 29 heavy (non-hydrogen) atoms. The molecule has 0 fully saturated rings. The molecule has 1 heterocycles. The topological polar surface area (TPSA) is 91.3 Å². The molecule has 1 amide bonds. The normalized spacial score (nSPS) is 10.8. The monoisotopic (exact) mass is 407 g/mol. The van der Waals surface area contributed by atoms with E-state index < -0.39 is 5.95 Å². The maximum absolute atomic E-state index is 12.5. The Bertz CT molecular complexity index is 1150. The first kappa shape index (κ1) is 18.8. The van der Waals surface area contributed by atoms with Crippen molar-refractivity contribution in [2.24, 2.45) is 0 Å². The first-order valence-corrected chi connectivity index (χ1v) is 9.78. The maximum Gasteiger partial charge on any atom is 0.298 e. The van der Waals surface area contributed by atoms with Crippen molar-refractivity contribution in [3.05, 3.63) is 66.7 Å². The number of carbonyl (C=O) groups is 1. The summed E-state index contributed by atoms with van der Waals surface area (Å²) in [5, 5.41) is 21.0. The Morgan fingerprint density at radius 2 is 1.90 bits per heavy atom. The molecule has 1 aromatic heterocycles. The minimum absolute atomic E-state index is 0.0375. The van der Waals surface area contributed by atoms with E-state index in [4.69, 9.17) is 9.26 Å². The van der Waals surface area contributed by atoms with E-state index in [1.165, 1.54) is 4.68 Å². The fourth-order valence-electron chi connectivity index (χ4n) is 2.90. The average molecular weight is 407 g/mol. The first-order valence-electron chi connectivity index (χ1n) is 8.79. The van der Waals surface area contributed by atoms with Crippen LogP contribution in [-0.4, -0.2) is 24.0 Å². The Morgan fingerprint density at radius 1 is 1.14 bits per heavy atom. The highest BCUT2D eigenvalue weighted by Crippen LogP contribution is 2.26. The minimum atomic E-state index is -0.594. The number of hydrogen-bond donors (Lipinski definition) is 1. The summed E-state index contributed by atoms with van der Waals surface area (Å²) in [5.74, 6) is -0.101. The Hall–Kier alpha value is -3.52. The molecule has 0 saturated heterocycles. The zero-order valence-corrected chi connectivity index (χ0v) is 16.3. The summed E-state index contributed by atoms with van der Waals surface area (Å²) in [4.78, 5) is 12.5. The molecule has 0 spiro atoms. The molecule has 0 aliphatic heterocycles. The largest absolute Gasteiger partial charge is 0.538 e. The second kappa shape index (κ2) is 8.24. The van der Waals surface area contributed by atoms with Gasteiger partial charge in [-0.3, -0.25) is 4.79 Å². The van der Waals surface area contributed by atoms with Crippen LogP contribution in [0, 0.1) is 0 Å². The highest BCUT2D eigenvalue weighted by Gasteiger charge is 2.22. The summed E-state index contributed by atoms with van der Waals surface area (Å²) in [5.41, 5.74) is 1.36. The number of aromatic nitrogens is 2. The second-order valence-corrected chi connectivity index (χ2v) is 7.10. The predicted molar refractivity (Wildman–Crippen MR) is 107 cm³/mol. The van der Waals surface area contributed by atoms with Crippen molar-refractivity contribution in [1.29, 1.82) is 0 Å². The van der Waals surface area contributed by atoms with Gasteiger partial charge in [-0.15, -0.1) is 0 Å². The minimum Gasteiger partial charge on any atom is -0.538 e. The van der Waals surface area contributed by atoms with Gasteiger partial charge in [-0.2, -0.15) is 0 Å². The van der Waals surface area contributed by atoms with Gasteiger partial charge in [0.15, 0.2) is 5.95 Å². The molecule has 0 bridgehead atoms. The number of ether oxygens (including phenoxy) is 1. The first-order chi connectivity index (χ1) is 14.2. The molecule has 0 atom stereocenters. The molecule has 8 heteroatoms. The second-order valence-electron chi connectivity index (χ2n) is 6.14. The number of benzene rings is 3. The Balaban J connectivity index is 1.49. The standard InChI is InChI=1S/C21H17N3O4S/c1-27-16-11-9-15(10-12-16)24-20(21(26)28-23-24)29-13-19(25)22-18-8-4-6-14-5-2-3-7-17(14)18/h2-12H,13H2,1H3,(H-,22,23,25,26). The van der Waals surface area contributed by atoms with Crippen LogP contribution in [0.5, 0.6) is 11.7 Å². The lowest BCUT2D eigenvalue weighted by Gasteiger charge is -2.08. The van der Waals surface area contributed by atoms with Crippen LogP contribution in [0.25, 0.3) is 16.5 Å². The predicted octanol–water partition coefficient (Wildman–Crippen LogP) is 2.92. The Kier molecular flexibility index (Phi) is 5.35. The molecular weight excluding hydrogens is 390 g/mol. The lowest BCUT2D eigenvalue weighted by molar-refractivity contribution is -0.705. The van der Waals surface area contributed by atoms with Crippen molar-refractivity contribution >= 4 is 34.1 Å². The van der Waals surface area contributed by atoms with E-state index in [2.05, 4.69) is 10.6 Å². The van der Waals surface area contributed by atoms with E-state index in [0.29, 0.717) is 11.4 Å². The van der Waals surface area contributed by atoms with E-state index in [1.54, 1.807) is 31.4 Å². The van der Waals surface area contributed by atoms with Crippen molar-refractivity contribution < 1.29 is 23.8 Å². The smallest absolute Gasteiger partial charge is 0.298 e. The third-order valence-electron chi connectivity index (χ3n) is 4.29. The van der Waals surface area contributed by atoms with Crippen LogP contribution in [-0.2, 0) is 4.79 Å². The third kappa shape index (κ3) is 4.02. The number of thioether (sulfide) groups is 1. The number of hydrogen-bond acceptors (Lipinski definition) is 6. The van der Waals surface area contributed by atoms with Crippen LogP contribution in [0.15, 0.2) is 76.3 Å². The molecule has 1 N–H and O–H groups in total. The van der Waals surface area contributed by atoms with Crippen molar-refractivity contribution in [2.45, 2.75) is 5.03 Å². The molecular formula is C21H17N3O4S. The number of carbonyl (C=O) groups excluding carboxylic acids is 1. The summed E-state index contributed by atoms with van der Waals surface area (Å²) in [6.45, 7) is 0. The van der Waals surface area contributed by atoms with E-state index in [0.717, 1.165) is 28.2 Å². The summed E-state index contributed by atoms with van der Waals surface area (Å²) in [6.07, 6.45) is 0. The molecule has 0 radical (unpaired) electrons. The molecule has 4 rings (SSSR count). The van der Waals surface area contributed by atoms with Crippen LogP contribution in [0.4, 0.5) is 5.69 Å². The number of methoxy groups -OCH3 is 1. The van der Waals surface area contributed by atoms with Gasteiger partial charge < -0.3 is 19.7 Å². The molecule has 7 nitrogen and oxygen atoms in total. The number of nitrogens with one attached hydrogen (secondary N) is 1. The zero-order valence-electron chi connectivity index (χ0n) is 15.5. The van der Waals surface area contributed by atoms with Crippen LogP contribution < -0.4 is 19.8 Å². The van der Waals surface area contributed by atoms with Gasteiger partial charge in [0.1, 0.15) is 5.75 Å². The van der Waals surface area contributed by atoms with Crippen LogP contribution in [0.2, 0.25) is 0 Å². The molecule has 146 valence electrons. The fraction of sp³-hybridized carbons (Fsp3) is 0.0952. The van der Waals surface area contributed by atoms with E-state index in [-0.39, 0.29) is 16.7 Å². The van der Waals surface area contributed by atoms with Crippen LogP contribution in [0.1, 0.15) is 0 Å². The van der Waals surface area contributed by atoms with E-state index in [1.807, 2.05) is 42.5 Å². The SMILES string of the molecule is COc1ccc(-[n+]2noc([O-])c2SCC(=O)Nc2cccc3ccccc23)cc1. The van der Waals surface area contributed by atoms with Gasteiger partial charge in [0.05, 0.1) is 18.1 Å². The van der Waals surface area contributed by atoms with Gasteiger partial charge in [0.25, 0.3) is 5.03 Å². The van der Waals surface area contributed by atoms with Crippen LogP contribution >= 0.6 is 11.8 Å². The lowest BCUT2D eigenvalue weighted by Crippen LogP contribution is -2.35. The van der Waals surface area contributed by atoms with Crippen molar-refractivity contribution in [3.8, 4) is 17.4 Å². The lowest BCUT2D eigenvalue weighted by atomic mass is 10.1. The molecule has 0 unspecified atom stereocenters. The number of rotatable bonds is 6. The van der Waals surface area contributed by atoms with Crippen molar-refractivity contribution in [3.63, 3.8) is 0 Å². The number of nitrogens with zero attached hydrogens (tertiary/aromatic N) is 2. The van der Waals surface area contributed by atoms with Gasteiger partial charge in [0, 0.05) is 23.2 Å². The quantitative estimate of drug-likeness (QED) is 0.390.